The lowest BCUT2D eigenvalue weighted by Gasteiger charge is -2.29. The number of nitrogens with one attached hydrogen (secondary N) is 1. The molecule has 0 bridgehead atoms. The van der Waals surface area contributed by atoms with E-state index >= 15 is 0 Å². The number of hydrogen-bond donors (Lipinski definition) is 2. The maximum atomic E-state index is 13.5. The molecule has 1 aliphatic rings. The molecular formula is C16H18F2N4O2. The van der Waals surface area contributed by atoms with Gasteiger partial charge in [-0.3, -0.25) is 4.79 Å². The maximum Gasteiger partial charge on any atom is 0.246 e. The van der Waals surface area contributed by atoms with Gasteiger partial charge >= 0.3 is 0 Å². The molecule has 1 fully saturated rings. The molecule has 1 aromatic heterocycles. The van der Waals surface area contributed by atoms with Crippen LogP contribution in [0.15, 0.2) is 24.4 Å². The molecule has 0 saturated heterocycles. The highest BCUT2D eigenvalue weighted by molar-refractivity contribution is 5.90. The summed E-state index contributed by atoms with van der Waals surface area (Å²) in [6.45, 7) is -0.181. The normalized spacial score (nSPS) is 16.8. The lowest BCUT2D eigenvalue weighted by molar-refractivity contribution is -0.117. The average Bonchev–Trinajstić information content (AvgIpc) is 3.00. The molecule has 0 aliphatic heterocycles. The smallest absolute Gasteiger partial charge is 0.246 e. The summed E-state index contributed by atoms with van der Waals surface area (Å²) < 4.78 is 27.7. The molecule has 0 atom stereocenters. The standard InChI is InChI=1S/C16H18F2N4O2/c17-11-4-5-13(12(18)8-11)19-15(23)10-22-9-14(20-21-22)16(24)6-2-1-3-7-16/h4-5,8-9,24H,1-3,6-7,10H2,(H,19,23). The van der Waals surface area contributed by atoms with Crippen molar-refractivity contribution >= 4 is 11.6 Å². The van der Waals surface area contributed by atoms with Gasteiger partial charge in [0.1, 0.15) is 29.5 Å². The highest BCUT2D eigenvalue weighted by Gasteiger charge is 2.34. The van der Waals surface area contributed by atoms with E-state index < -0.39 is 23.1 Å². The molecule has 0 radical (unpaired) electrons. The van der Waals surface area contributed by atoms with Gasteiger partial charge in [-0.1, -0.05) is 24.5 Å². The number of anilines is 1. The molecule has 0 unspecified atom stereocenters. The number of halogens is 2. The second-order valence-corrected chi connectivity index (χ2v) is 6.07. The van der Waals surface area contributed by atoms with Crippen LogP contribution in [0.2, 0.25) is 0 Å². The molecule has 8 heteroatoms. The molecule has 0 spiro atoms. The van der Waals surface area contributed by atoms with Gasteiger partial charge < -0.3 is 10.4 Å². The molecular weight excluding hydrogens is 318 g/mol. The number of aliphatic hydroxyl groups is 1. The third-order valence-corrected chi connectivity index (χ3v) is 4.21. The summed E-state index contributed by atoms with van der Waals surface area (Å²) in [6, 6.07) is 2.91. The van der Waals surface area contributed by atoms with Crippen molar-refractivity contribution in [3.05, 3.63) is 41.7 Å². The van der Waals surface area contributed by atoms with Crippen LogP contribution in [0.25, 0.3) is 0 Å². The van der Waals surface area contributed by atoms with E-state index in [0.717, 1.165) is 31.4 Å². The fourth-order valence-electron chi connectivity index (χ4n) is 2.91. The van der Waals surface area contributed by atoms with E-state index in [0.29, 0.717) is 24.6 Å². The lowest BCUT2D eigenvalue weighted by Crippen LogP contribution is -2.28. The van der Waals surface area contributed by atoms with Crippen molar-refractivity contribution in [1.82, 2.24) is 15.0 Å². The monoisotopic (exact) mass is 336 g/mol. The fraction of sp³-hybridized carbons (Fsp3) is 0.438. The molecule has 128 valence electrons. The first-order valence-corrected chi connectivity index (χ1v) is 7.84. The van der Waals surface area contributed by atoms with E-state index in [1.165, 1.54) is 10.9 Å². The number of aromatic nitrogens is 3. The third-order valence-electron chi connectivity index (χ3n) is 4.21. The van der Waals surface area contributed by atoms with Crippen molar-refractivity contribution in [3.8, 4) is 0 Å². The number of carbonyl (C=O) groups excluding carboxylic acids is 1. The molecule has 1 aliphatic carbocycles. The Kier molecular flexibility index (Phi) is 4.57. The van der Waals surface area contributed by atoms with Gasteiger partial charge in [0.15, 0.2) is 0 Å². The number of benzene rings is 1. The second kappa shape index (κ2) is 6.64. The first kappa shape index (κ1) is 16.5. The van der Waals surface area contributed by atoms with E-state index in [2.05, 4.69) is 15.6 Å². The Labute approximate surface area is 137 Å². The quantitative estimate of drug-likeness (QED) is 0.898. The molecule has 2 N–H and O–H groups in total. The van der Waals surface area contributed by atoms with Crippen molar-refractivity contribution in [1.29, 1.82) is 0 Å². The van der Waals surface area contributed by atoms with Crippen molar-refractivity contribution in [2.75, 3.05) is 5.32 Å². The van der Waals surface area contributed by atoms with Crippen LogP contribution >= 0.6 is 0 Å². The Hall–Kier alpha value is -2.35. The van der Waals surface area contributed by atoms with Crippen LogP contribution in [0.4, 0.5) is 14.5 Å². The Morgan fingerprint density at radius 2 is 2.04 bits per heavy atom. The number of rotatable bonds is 4. The summed E-state index contributed by atoms with van der Waals surface area (Å²) in [5.74, 6) is -2.08. The van der Waals surface area contributed by atoms with Crippen molar-refractivity contribution in [2.24, 2.45) is 0 Å². The summed E-state index contributed by atoms with van der Waals surface area (Å²) in [6.07, 6.45) is 5.72. The first-order valence-electron chi connectivity index (χ1n) is 7.84. The highest BCUT2D eigenvalue weighted by atomic mass is 19.1. The molecule has 1 amide bonds. The van der Waals surface area contributed by atoms with Gasteiger partial charge in [0, 0.05) is 6.07 Å². The SMILES string of the molecule is O=C(Cn1cc(C2(O)CCCCC2)nn1)Nc1ccc(F)cc1F. The van der Waals surface area contributed by atoms with Gasteiger partial charge in [0.25, 0.3) is 0 Å². The zero-order chi connectivity index (χ0) is 17.2. The van der Waals surface area contributed by atoms with Crippen LogP contribution in [0.3, 0.4) is 0 Å². The fourth-order valence-corrected chi connectivity index (χ4v) is 2.91. The molecule has 1 saturated carbocycles. The minimum Gasteiger partial charge on any atom is -0.383 e. The topological polar surface area (TPSA) is 80.0 Å². The molecule has 2 aromatic rings. The summed E-state index contributed by atoms with van der Waals surface area (Å²) in [7, 11) is 0. The predicted octanol–water partition coefficient (Wildman–Crippen LogP) is 2.35. The predicted molar refractivity (Wildman–Crippen MR) is 82.0 cm³/mol. The van der Waals surface area contributed by atoms with Gasteiger partial charge in [0.2, 0.25) is 5.91 Å². The minimum absolute atomic E-state index is 0.104. The Morgan fingerprint density at radius 3 is 2.75 bits per heavy atom. The second-order valence-electron chi connectivity index (χ2n) is 6.07. The number of amides is 1. The maximum absolute atomic E-state index is 13.5. The van der Waals surface area contributed by atoms with Gasteiger partial charge in [-0.25, -0.2) is 13.5 Å². The molecule has 6 nitrogen and oxygen atoms in total. The van der Waals surface area contributed by atoms with E-state index in [-0.39, 0.29) is 12.2 Å². The average molecular weight is 336 g/mol. The number of carbonyl (C=O) groups is 1. The third kappa shape index (κ3) is 3.59. The van der Waals surface area contributed by atoms with E-state index in [1.54, 1.807) is 0 Å². The summed E-state index contributed by atoms with van der Waals surface area (Å²) in [4.78, 5) is 12.0. The number of nitrogens with zero attached hydrogens (tertiary/aromatic N) is 3. The summed E-state index contributed by atoms with van der Waals surface area (Å²) >= 11 is 0. The van der Waals surface area contributed by atoms with Crippen LogP contribution in [0.5, 0.6) is 0 Å². The molecule has 1 heterocycles. The lowest BCUT2D eigenvalue weighted by atomic mass is 9.83. The van der Waals surface area contributed by atoms with Gasteiger partial charge in [-0.05, 0) is 25.0 Å². The minimum atomic E-state index is -0.990. The summed E-state index contributed by atoms with van der Waals surface area (Å²) in [5, 5.41) is 20.7. The molecule has 1 aromatic carbocycles. The highest BCUT2D eigenvalue weighted by Crippen LogP contribution is 2.35. The van der Waals surface area contributed by atoms with E-state index in [9.17, 15) is 18.7 Å². The van der Waals surface area contributed by atoms with Gasteiger partial charge in [0.05, 0.1) is 11.9 Å². The van der Waals surface area contributed by atoms with Crippen LogP contribution in [0.1, 0.15) is 37.8 Å². The Morgan fingerprint density at radius 1 is 1.29 bits per heavy atom. The van der Waals surface area contributed by atoms with E-state index in [4.69, 9.17) is 0 Å². The Balaban J connectivity index is 1.65. The van der Waals surface area contributed by atoms with Crippen LogP contribution < -0.4 is 5.32 Å². The number of hydrogen-bond acceptors (Lipinski definition) is 4. The first-order chi connectivity index (χ1) is 11.5. The van der Waals surface area contributed by atoms with Crippen molar-refractivity contribution < 1.29 is 18.7 Å². The van der Waals surface area contributed by atoms with Gasteiger partial charge in [-0.2, -0.15) is 0 Å². The molecule has 3 rings (SSSR count). The van der Waals surface area contributed by atoms with E-state index in [1.807, 2.05) is 0 Å². The Bertz CT molecular complexity index is 741. The van der Waals surface area contributed by atoms with Crippen LogP contribution in [-0.4, -0.2) is 26.0 Å². The summed E-state index contributed by atoms with van der Waals surface area (Å²) in [5.41, 5.74) is -0.647. The van der Waals surface area contributed by atoms with Crippen molar-refractivity contribution in [2.45, 2.75) is 44.2 Å². The molecule has 24 heavy (non-hydrogen) atoms. The van der Waals surface area contributed by atoms with Crippen LogP contribution in [-0.2, 0) is 16.9 Å². The van der Waals surface area contributed by atoms with Gasteiger partial charge in [-0.15, -0.1) is 5.10 Å². The van der Waals surface area contributed by atoms with Crippen molar-refractivity contribution in [3.63, 3.8) is 0 Å². The largest absolute Gasteiger partial charge is 0.383 e. The zero-order valence-corrected chi connectivity index (χ0v) is 13.0. The van der Waals surface area contributed by atoms with Crippen LogP contribution in [0, 0.1) is 11.6 Å². The zero-order valence-electron chi connectivity index (χ0n) is 13.0.